The zero-order chi connectivity index (χ0) is 22.9. The fraction of sp³-hybridized carbons (Fsp3) is 0.435. The third-order valence-corrected chi connectivity index (χ3v) is 8.30. The highest BCUT2D eigenvalue weighted by Gasteiger charge is 2.54. The SMILES string of the molecule is C[C@H]1CN(C(=O)c2cc([N+](=O)[O-])cc([N+](=O)[O-])c2)C2(CCCCC2)[C@@H]1Sc1ccccc1. The maximum absolute atomic E-state index is 13.7. The van der Waals surface area contributed by atoms with Crippen molar-refractivity contribution in [1.82, 2.24) is 4.90 Å². The van der Waals surface area contributed by atoms with Crippen molar-refractivity contribution < 1.29 is 14.6 Å². The zero-order valence-corrected chi connectivity index (χ0v) is 18.6. The number of amides is 1. The van der Waals surface area contributed by atoms with Crippen LogP contribution in [0.1, 0.15) is 49.4 Å². The number of nitro groups is 2. The molecule has 1 spiro atoms. The highest BCUT2D eigenvalue weighted by Crippen LogP contribution is 2.51. The van der Waals surface area contributed by atoms with Crippen LogP contribution < -0.4 is 0 Å². The van der Waals surface area contributed by atoms with Crippen LogP contribution in [0.4, 0.5) is 11.4 Å². The number of carbonyl (C=O) groups excluding carboxylic acids is 1. The van der Waals surface area contributed by atoms with E-state index in [4.69, 9.17) is 0 Å². The predicted octanol–water partition coefficient (Wildman–Crippen LogP) is 5.46. The van der Waals surface area contributed by atoms with Crippen molar-refractivity contribution in [2.24, 2.45) is 5.92 Å². The molecule has 168 valence electrons. The van der Waals surface area contributed by atoms with E-state index in [1.807, 2.05) is 23.1 Å². The van der Waals surface area contributed by atoms with Crippen LogP contribution in [0.5, 0.6) is 0 Å². The fourth-order valence-electron chi connectivity index (χ4n) is 5.21. The Labute approximate surface area is 190 Å². The molecule has 0 radical (unpaired) electrons. The third kappa shape index (κ3) is 4.09. The van der Waals surface area contributed by atoms with Gasteiger partial charge >= 0.3 is 0 Å². The zero-order valence-electron chi connectivity index (χ0n) is 17.8. The summed E-state index contributed by atoms with van der Waals surface area (Å²) >= 11 is 1.79. The summed E-state index contributed by atoms with van der Waals surface area (Å²) in [6, 6.07) is 13.3. The molecule has 0 bridgehead atoms. The molecule has 2 fully saturated rings. The van der Waals surface area contributed by atoms with Crippen molar-refractivity contribution in [1.29, 1.82) is 0 Å². The molecular formula is C23H25N3O5S. The van der Waals surface area contributed by atoms with Gasteiger partial charge in [0, 0.05) is 28.8 Å². The van der Waals surface area contributed by atoms with Crippen LogP contribution in [0.25, 0.3) is 0 Å². The number of nitro benzene ring substituents is 2. The van der Waals surface area contributed by atoms with Gasteiger partial charge in [0.2, 0.25) is 0 Å². The summed E-state index contributed by atoms with van der Waals surface area (Å²) in [6.07, 6.45) is 4.87. The number of hydrogen-bond acceptors (Lipinski definition) is 6. The number of rotatable bonds is 5. The van der Waals surface area contributed by atoms with E-state index >= 15 is 0 Å². The Hall–Kier alpha value is -2.94. The second-order valence-corrected chi connectivity index (χ2v) is 9.88. The van der Waals surface area contributed by atoms with Gasteiger partial charge in [-0.1, -0.05) is 44.4 Å². The van der Waals surface area contributed by atoms with Gasteiger partial charge in [-0.25, -0.2) is 0 Å². The lowest BCUT2D eigenvalue weighted by atomic mass is 9.78. The molecule has 1 saturated heterocycles. The van der Waals surface area contributed by atoms with Crippen LogP contribution in [-0.4, -0.2) is 38.0 Å². The quantitative estimate of drug-likeness (QED) is 0.438. The average molecular weight is 456 g/mol. The van der Waals surface area contributed by atoms with Crippen LogP contribution in [-0.2, 0) is 0 Å². The smallest absolute Gasteiger partial charge is 0.277 e. The average Bonchev–Trinajstić information content (AvgIpc) is 3.05. The predicted molar refractivity (Wildman–Crippen MR) is 122 cm³/mol. The van der Waals surface area contributed by atoms with Gasteiger partial charge in [-0.05, 0) is 30.9 Å². The van der Waals surface area contributed by atoms with Gasteiger partial charge in [0.25, 0.3) is 17.3 Å². The van der Waals surface area contributed by atoms with Crippen molar-refractivity contribution in [3.8, 4) is 0 Å². The minimum Gasteiger partial charge on any atom is -0.332 e. The van der Waals surface area contributed by atoms with E-state index in [0.717, 1.165) is 55.2 Å². The van der Waals surface area contributed by atoms with Crippen molar-refractivity contribution in [3.63, 3.8) is 0 Å². The lowest BCUT2D eigenvalue weighted by Crippen LogP contribution is -2.53. The van der Waals surface area contributed by atoms with Gasteiger partial charge in [-0.2, -0.15) is 0 Å². The Morgan fingerprint density at radius 2 is 1.59 bits per heavy atom. The van der Waals surface area contributed by atoms with Crippen LogP contribution >= 0.6 is 11.8 Å². The van der Waals surface area contributed by atoms with Crippen LogP contribution in [0, 0.1) is 26.1 Å². The van der Waals surface area contributed by atoms with Gasteiger partial charge < -0.3 is 4.90 Å². The first-order chi connectivity index (χ1) is 15.3. The maximum atomic E-state index is 13.7. The van der Waals surface area contributed by atoms with E-state index in [1.165, 1.54) is 0 Å². The molecule has 9 heteroatoms. The van der Waals surface area contributed by atoms with E-state index in [0.29, 0.717) is 6.54 Å². The Balaban J connectivity index is 1.73. The van der Waals surface area contributed by atoms with Gasteiger partial charge in [0.15, 0.2) is 0 Å². The van der Waals surface area contributed by atoms with Crippen LogP contribution in [0.2, 0.25) is 0 Å². The van der Waals surface area contributed by atoms with Crippen molar-refractivity contribution in [3.05, 3.63) is 74.3 Å². The highest BCUT2D eigenvalue weighted by atomic mass is 32.2. The first kappa shape index (κ1) is 22.3. The second-order valence-electron chi connectivity index (χ2n) is 8.66. The van der Waals surface area contributed by atoms with Gasteiger partial charge in [-0.3, -0.25) is 25.0 Å². The molecule has 1 heterocycles. The van der Waals surface area contributed by atoms with Gasteiger partial charge in [-0.15, -0.1) is 11.8 Å². The molecule has 2 aromatic carbocycles. The van der Waals surface area contributed by atoms with Crippen molar-refractivity contribution in [2.45, 2.75) is 54.7 Å². The Bertz CT molecular complexity index is 1010. The number of non-ortho nitro benzene ring substituents is 2. The molecule has 1 amide bonds. The summed E-state index contributed by atoms with van der Waals surface area (Å²) in [6.45, 7) is 2.67. The number of nitrogens with zero attached hydrogens (tertiary/aromatic N) is 3. The van der Waals surface area contributed by atoms with Gasteiger partial charge in [0.1, 0.15) is 0 Å². The molecule has 2 aromatic rings. The Morgan fingerprint density at radius 1 is 1.00 bits per heavy atom. The number of carbonyl (C=O) groups is 1. The summed E-state index contributed by atoms with van der Waals surface area (Å²) in [5.74, 6) is -0.141. The van der Waals surface area contributed by atoms with Crippen LogP contribution in [0.15, 0.2) is 53.4 Å². The number of hydrogen-bond donors (Lipinski definition) is 0. The summed E-state index contributed by atoms with van der Waals surface area (Å²) < 4.78 is 0. The lowest BCUT2D eigenvalue weighted by Gasteiger charge is -2.45. The van der Waals surface area contributed by atoms with E-state index in [-0.39, 0.29) is 28.2 Å². The molecule has 1 aliphatic carbocycles. The minimum absolute atomic E-state index is 0.00779. The summed E-state index contributed by atoms with van der Waals surface area (Å²) in [5, 5.41) is 22.8. The Kier molecular flexibility index (Phi) is 6.19. The second kappa shape index (κ2) is 8.90. The molecule has 4 rings (SSSR count). The molecule has 0 N–H and O–H groups in total. The first-order valence-electron chi connectivity index (χ1n) is 10.8. The summed E-state index contributed by atoms with van der Waals surface area (Å²) in [4.78, 5) is 38.0. The van der Waals surface area contributed by atoms with Crippen LogP contribution in [0.3, 0.4) is 0 Å². The molecular weight excluding hydrogens is 430 g/mol. The molecule has 0 unspecified atom stereocenters. The summed E-state index contributed by atoms with van der Waals surface area (Å²) in [7, 11) is 0. The maximum Gasteiger partial charge on any atom is 0.277 e. The topological polar surface area (TPSA) is 107 Å². The standard InChI is InChI=1S/C23H25N3O5S/c1-16-15-24(22(27)17-12-18(25(28)29)14-19(13-17)26(30)31)23(10-6-3-7-11-23)21(16)32-20-8-4-2-5-9-20/h2,4-5,8-9,12-14,16,21H,3,6-7,10-11,15H2,1H3/t16-,21+/m0/s1. The number of benzene rings is 2. The third-order valence-electron chi connectivity index (χ3n) is 6.60. The molecule has 1 saturated carbocycles. The van der Waals surface area contributed by atoms with E-state index in [1.54, 1.807) is 11.8 Å². The van der Waals surface area contributed by atoms with E-state index < -0.39 is 21.2 Å². The first-order valence-corrected chi connectivity index (χ1v) is 11.7. The van der Waals surface area contributed by atoms with Crippen molar-refractivity contribution >= 4 is 29.0 Å². The normalized spacial score (nSPS) is 22.1. The monoisotopic (exact) mass is 455 g/mol. The minimum atomic E-state index is -0.694. The molecule has 2 aliphatic rings. The van der Waals surface area contributed by atoms with Crippen molar-refractivity contribution in [2.75, 3.05) is 6.54 Å². The molecule has 8 nitrogen and oxygen atoms in total. The fourth-order valence-corrected chi connectivity index (χ4v) is 6.72. The summed E-state index contributed by atoms with van der Waals surface area (Å²) in [5.41, 5.74) is -1.24. The lowest BCUT2D eigenvalue weighted by molar-refractivity contribution is -0.394. The molecule has 1 aliphatic heterocycles. The number of likely N-dealkylation sites (tertiary alicyclic amines) is 1. The Morgan fingerprint density at radius 3 is 2.16 bits per heavy atom. The van der Waals surface area contributed by atoms with E-state index in [9.17, 15) is 25.0 Å². The molecule has 2 atom stereocenters. The molecule has 32 heavy (non-hydrogen) atoms. The molecule has 0 aromatic heterocycles. The highest BCUT2D eigenvalue weighted by molar-refractivity contribution is 8.00. The number of thioether (sulfide) groups is 1. The van der Waals surface area contributed by atoms with Gasteiger partial charge in [0.05, 0.1) is 27.0 Å². The largest absolute Gasteiger partial charge is 0.332 e. The van der Waals surface area contributed by atoms with E-state index in [2.05, 4.69) is 19.1 Å².